The molecule has 0 radical (unpaired) electrons. The summed E-state index contributed by atoms with van der Waals surface area (Å²) in [4.78, 5) is 28.9. The lowest BCUT2D eigenvalue weighted by molar-refractivity contribution is 0.0495. The third-order valence-electron chi connectivity index (χ3n) is 4.15. The summed E-state index contributed by atoms with van der Waals surface area (Å²) in [5.74, 6) is 0.283. The molecule has 0 aliphatic carbocycles. The number of hydrogen-bond acceptors (Lipinski definition) is 6. The fourth-order valence-corrected chi connectivity index (χ4v) is 2.88. The van der Waals surface area contributed by atoms with E-state index in [-0.39, 0.29) is 12.5 Å². The van der Waals surface area contributed by atoms with Gasteiger partial charge in [0.1, 0.15) is 5.69 Å². The first-order valence-electron chi connectivity index (χ1n) is 8.79. The lowest BCUT2D eigenvalue weighted by Gasteiger charge is -2.18. The molecule has 1 N–H and O–H groups in total. The maximum atomic E-state index is 12.9. The SMILES string of the molecule is COCOc1c(OC)ccc(C=O)c1-c1cccnc1C(=O)Nc1ccccc1. The molecule has 3 rings (SSSR count). The quantitative estimate of drug-likeness (QED) is 0.463. The van der Waals surface area contributed by atoms with Crippen molar-refractivity contribution < 1.29 is 23.8 Å². The van der Waals surface area contributed by atoms with E-state index in [1.54, 1.807) is 36.4 Å². The lowest BCUT2D eigenvalue weighted by Crippen LogP contribution is -2.15. The number of aldehydes is 1. The van der Waals surface area contributed by atoms with Crippen molar-refractivity contribution in [2.45, 2.75) is 0 Å². The summed E-state index contributed by atoms with van der Waals surface area (Å²) in [6.07, 6.45) is 2.21. The van der Waals surface area contributed by atoms with Gasteiger partial charge in [0.2, 0.25) is 0 Å². The average Bonchev–Trinajstić information content (AvgIpc) is 2.77. The van der Waals surface area contributed by atoms with Crippen LogP contribution in [0, 0.1) is 0 Å². The topological polar surface area (TPSA) is 86.8 Å². The fourth-order valence-electron chi connectivity index (χ4n) is 2.88. The van der Waals surface area contributed by atoms with Crippen molar-refractivity contribution in [3.8, 4) is 22.6 Å². The van der Waals surface area contributed by atoms with Gasteiger partial charge in [0.05, 0.1) is 7.11 Å². The van der Waals surface area contributed by atoms with Crippen LogP contribution in [-0.4, -0.2) is 38.2 Å². The molecule has 1 amide bonds. The van der Waals surface area contributed by atoms with Gasteiger partial charge in [0, 0.05) is 35.7 Å². The second kappa shape index (κ2) is 9.48. The highest BCUT2D eigenvalue weighted by atomic mass is 16.7. The Labute approximate surface area is 168 Å². The summed E-state index contributed by atoms with van der Waals surface area (Å²) >= 11 is 0. The predicted molar refractivity (Wildman–Crippen MR) is 109 cm³/mol. The number of nitrogens with zero attached hydrogens (tertiary/aromatic N) is 1. The number of carbonyl (C=O) groups excluding carboxylic acids is 2. The average molecular weight is 392 g/mol. The van der Waals surface area contributed by atoms with E-state index in [9.17, 15) is 9.59 Å². The van der Waals surface area contributed by atoms with Crippen molar-refractivity contribution >= 4 is 17.9 Å². The molecule has 3 aromatic rings. The highest BCUT2D eigenvalue weighted by molar-refractivity contribution is 6.09. The van der Waals surface area contributed by atoms with Crippen LogP contribution >= 0.6 is 0 Å². The number of para-hydroxylation sites is 1. The Morgan fingerprint density at radius 2 is 1.86 bits per heavy atom. The summed E-state index contributed by atoms with van der Waals surface area (Å²) in [6.45, 7) is -0.0581. The Kier molecular flexibility index (Phi) is 6.55. The van der Waals surface area contributed by atoms with Gasteiger partial charge in [-0.25, -0.2) is 0 Å². The summed E-state index contributed by atoms with van der Waals surface area (Å²) in [5.41, 5.74) is 1.95. The van der Waals surface area contributed by atoms with Crippen molar-refractivity contribution in [3.63, 3.8) is 0 Å². The standard InChI is InChI=1S/C22H20N2O5/c1-27-14-29-21-18(28-2)11-10-15(13-25)19(21)17-9-6-12-23-20(17)22(26)24-16-7-4-3-5-8-16/h3-13H,14H2,1-2H3,(H,24,26). The van der Waals surface area contributed by atoms with Gasteiger partial charge in [-0.3, -0.25) is 14.6 Å². The molecule has 1 aromatic heterocycles. The molecule has 148 valence electrons. The van der Waals surface area contributed by atoms with Gasteiger partial charge in [-0.1, -0.05) is 24.3 Å². The fraction of sp³-hybridized carbons (Fsp3) is 0.136. The number of nitrogens with one attached hydrogen (secondary N) is 1. The van der Waals surface area contributed by atoms with Gasteiger partial charge in [-0.05, 0) is 30.3 Å². The van der Waals surface area contributed by atoms with Gasteiger partial charge >= 0.3 is 0 Å². The maximum Gasteiger partial charge on any atom is 0.274 e. The minimum atomic E-state index is -0.413. The first-order chi connectivity index (χ1) is 14.2. The first-order valence-corrected chi connectivity index (χ1v) is 8.79. The summed E-state index contributed by atoms with van der Waals surface area (Å²) in [6, 6.07) is 15.7. The van der Waals surface area contributed by atoms with Crippen LogP contribution in [0.2, 0.25) is 0 Å². The Morgan fingerprint density at radius 3 is 2.55 bits per heavy atom. The van der Waals surface area contributed by atoms with E-state index in [2.05, 4.69) is 10.3 Å². The number of ether oxygens (including phenoxy) is 3. The lowest BCUT2D eigenvalue weighted by atomic mass is 9.96. The zero-order chi connectivity index (χ0) is 20.6. The third kappa shape index (κ3) is 4.41. The number of pyridine rings is 1. The number of methoxy groups -OCH3 is 2. The zero-order valence-electron chi connectivity index (χ0n) is 16.0. The number of hydrogen-bond donors (Lipinski definition) is 1. The molecule has 2 aromatic carbocycles. The summed E-state index contributed by atoms with van der Waals surface area (Å²) in [7, 11) is 2.98. The molecule has 1 heterocycles. The number of anilines is 1. The minimum Gasteiger partial charge on any atom is -0.493 e. The molecule has 7 nitrogen and oxygen atoms in total. The van der Waals surface area contributed by atoms with Crippen molar-refractivity contribution in [2.24, 2.45) is 0 Å². The van der Waals surface area contributed by atoms with E-state index in [1.165, 1.54) is 20.4 Å². The predicted octanol–water partition coefficient (Wildman–Crippen LogP) is 3.80. The van der Waals surface area contributed by atoms with Crippen LogP contribution in [-0.2, 0) is 4.74 Å². The normalized spacial score (nSPS) is 10.3. The maximum absolute atomic E-state index is 12.9. The van der Waals surface area contributed by atoms with Crippen molar-refractivity contribution in [1.82, 2.24) is 4.98 Å². The van der Waals surface area contributed by atoms with Gasteiger partial charge in [-0.2, -0.15) is 0 Å². The molecular weight excluding hydrogens is 372 g/mol. The largest absolute Gasteiger partial charge is 0.493 e. The second-order valence-corrected chi connectivity index (χ2v) is 5.95. The zero-order valence-corrected chi connectivity index (χ0v) is 16.0. The number of benzene rings is 2. The van der Waals surface area contributed by atoms with Gasteiger partial charge in [-0.15, -0.1) is 0 Å². The van der Waals surface area contributed by atoms with Gasteiger partial charge in [0.15, 0.2) is 24.6 Å². The van der Waals surface area contributed by atoms with Crippen LogP contribution in [0.1, 0.15) is 20.8 Å². The van der Waals surface area contributed by atoms with Crippen molar-refractivity contribution in [2.75, 3.05) is 26.3 Å². The van der Waals surface area contributed by atoms with E-state index in [0.29, 0.717) is 40.2 Å². The van der Waals surface area contributed by atoms with E-state index in [0.717, 1.165) is 0 Å². The number of rotatable bonds is 8. The van der Waals surface area contributed by atoms with Crippen LogP contribution in [0.4, 0.5) is 5.69 Å². The molecule has 0 unspecified atom stereocenters. The Balaban J connectivity index is 2.13. The van der Waals surface area contributed by atoms with E-state index < -0.39 is 5.91 Å². The molecule has 0 saturated carbocycles. The molecule has 0 atom stereocenters. The van der Waals surface area contributed by atoms with Gasteiger partial charge in [0.25, 0.3) is 5.91 Å². The third-order valence-corrected chi connectivity index (χ3v) is 4.15. The molecule has 0 saturated heterocycles. The molecule has 0 spiro atoms. The van der Waals surface area contributed by atoms with E-state index >= 15 is 0 Å². The highest BCUT2D eigenvalue weighted by Crippen LogP contribution is 2.41. The van der Waals surface area contributed by atoms with Crippen LogP contribution in [0.3, 0.4) is 0 Å². The van der Waals surface area contributed by atoms with Crippen LogP contribution < -0.4 is 14.8 Å². The van der Waals surface area contributed by atoms with E-state index in [4.69, 9.17) is 14.2 Å². The molecule has 0 aliphatic rings. The Morgan fingerprint density at radius 1 is 1.07 bits per heavy atom. The molecular formula is C22H20N2O5. The highest BCUT2D eigenvalue weighted by Gasteiger charge is 2.23. The smallest absolute Gasteiger partial charge is 0.274 e. The second-order valence-electron chi connectivity index (χ2n) is 5.95. The molecule has 29 heavy (non-hydrogen) atoms. The van der Waals surface area contributed by atoms with Gasteiger partial charge < -0.3 is 19.5 Å². The van der Waals surface area contributed by atoms with Crippen LogP contribution in [0.5, 0.6) is 11.5 Å². The first kappa shape index (κ1) is 20.0. The Bertz CT molecular complexity index is 1010. The molecule has 0 aliphatic heterocycles. The van der Waals surface area contributed by atoms with Crippen molar-refractivity contribution in [3.05, 3.63) is 72.1 Å². The van der Waals surface area contributed by atoms with E-state index in [1.807, 2.05) is 18.2 Å². The molecule has 0 fully saturated rings. The monoisotopic (exact) mass is 392 g/mol. The van der Waals surface area contributed by atoms with Crippen LogP contribution in [0.25, 0.3) is 11.1 Å². The number of amides is 1. The van der Waals surface area contributed by atoms with Crippen molar-refractivity contribution in [1.29, 1.82) is 0 Å². The minimum absolute atomic E-state index is 0.0581. The molecule has 7 heteroatoms. The molecule has 0 bridgehead atoms. The Hall–Kier alpha value is -3.71. The summed E-state index contributed by atoms with van der Waals surface area (Å²) < 4.78 is 16.1. The number of aromatic nitrogens is 1. The number of carbonyl (C=O) groups is 2. The summed E-state index contributed by atoms with van der Waals surface area (Å²) in [5, 5.41) is 2.81. The van der Waals surface area contributed by atoms with Crippen LogP contribution in [0.15, 0.2) is 60.8 Å².